The van der Waals surface area contributed by atoms with E-state index in [1.165, 1.54) is 39.3 Å². The molecule has 0 spiro atoms. The van der Waals surface area contributed by atoms with Crippen LogP contribution in [0.3, 0.4) is 0 Å². The van der Waals surface area contributed by atoms with E-state index in [9.17, 15) is 0 Å². The first-order valence-electron chi connectivity index (χ1n) is 4.49. The van der Waals surface area contributed by atoms with Gasteiger partial charge in [-0.15, -0.1) is 37.2 Å². The lowest BCUT2D eigenvalue weighted by molar-refractivity contribution is 0.241. The number of nitrogens with one attached hydrogen (secondary N) is 3. The zero-order valence-corrected chi connectivity index (χ0v) is 10.4. The molecular weight excluding hydrogens is 244 g/mol. The number of hydrogen-bond acceptors (Lipinski definition) is 3. The molecule has 0 aromatic carbocycles. The van der Waals surface area contributed by atoms with Gasteiger partial charge < -0.3 is 16.0 Å². The van der Waals surface area contributed by atoms with Crippen molar-refractivity contribution in [1.29, 1.82) is 0 Å². The first-order valence-corrected chi connectivity index (χ1v) is 4.49. The fraction of sp³-hybridized carbons (Fsp3) is 1.00. The maximum atomic E-state index is 3.53. The standard InChI is InChI=1S/C8H15N3.3ClH/c1-7-2-10-5-8(7,4-9-1)6-11-3-7;;;/h9-11H,1-6H2;3*1H. The lowest BCUT2D eigenvalue weighted by Crippen LogP contribution is -2.38. The molecule has 3 aliphatic heterocycles. The molecule has 14 heavy (non-hydrogen) atoms. The van der Waals surface area contributed by atoms with E-state index in [1.54, 1.807) is 0 Å². The highest BCUT2D eigenvalue weighted by molar-refractivity contribution is 5.86. The maximum Gasteiger partial charge on any atom is 0.0170 e. The van der Waals surface area contributed by atoms with Crippen molar-refractivity contribution in [1.82, 2.24) is 16.0 Å². The van der Waals surface area contributed by atoms with E-state index in [0.29, 0.717) is 10.8 Å². The van der Waals surface area contributed by atoms with Crippen LogP contribution >= 0.6 is 37.2 Å². The molecule has 0 aromatic heterocycles. The zero-order chi connectivity index (χ0) is 7.36. The molecule has 3 saturated heterocycles. The molecule has 0 aromatic rings. The molecule has 3 nitrogen and oxygen atoms in total. The molecule has 0 radical (unpaired) electrons. The molecule has 0 amide bonds. The molecule has 3 rings (SSSR count). The largest absolute Gasteiger partial charge is 0.315 e. The fourth-order valence-corrected chi connectivity index (χ4v) is 3.12. The Morgan fingerprint density at radius 2 is 0.714 bits per heavy atom. The van der Waals surface area contributed by atoms with Crippen LogP contribution in [0.2, 0.25) is 0 Å². The SMILES string of the molecule is C1NCC23CNCC12CNC3.Cl.Cl.Cl. The van der Waals surface area contributed by atoms with Crippen molar-refractivity contribution in [2.45, 2.75) is 0 Å². The molecule has 6 heteroatoms. The number of rotatable bonds is 0. The van der Waals surface area contributed by atoms with E-state index in [1.807, 2.05) is 0 Å². The van der Waals surface area contributed by atoms with Crippen LogP contribution in [0.1, 0.15) is 0 Å². The second-order valence-corrected chi connectivity index (χ2v) is 4.37. The molecule has 3 aliphatic rings. The topological polar surface area (TPSA) is 36.1 Å². The van der Waals surface area contributed by atoms with Gasteiger partial charge in [0.1, 0.15) is 0 Å². The van der Waals surface area contributed by atoms with Gasteiger partial charge in [-0.25, -0.2) is 0 Å². The van der Waals surface area contributed by atoms with E-state index >= 15 is 0 Å². The summed E-state index contributed by atoms with van der Waals surface area (Å²) < 4.78 is 0. The number of hydrogen-bond donors (Lipinski definition) is 3. The summed E-state index contributed by atoms with van der Waals surface area (Å²) in [6.45, 7) is 7.29. The lowest BCUT2D eigenvalue weighted by Gasteiger charge is -2.29. The quantitative estimate of drug-likeness (QED) is 0.577. The minimum atomic E-state index is 0. The smallest absolute Gasteiger partial charge is 0.0170 e. The Morgan fingerprint density at radius 3 is 0.929 bits per heavy atom. The van der Waals surface area contributed by atoms with Crippen molar-refractivity contribution in [2.75, 3.05) is 39.3 Å². The van der Waals surface area contributed by atoms with Gasteiger partial charge in [0, 0.05) is 50.1 Å². The molecule has 86 valence electrons. The van der Waals surface area contributed by atoms with Crippen LogP contribution in [-0.2, 0) is 0 Å². The van der Waals surface area contributed by atoms with Gasteiger partial charge in [0.25, 0.3) is 0 Å². The van der Waals surface area contributed by atoms with E-state index in [4.69, 9.17) is 0 Å². The van der Waals surface area contributed by atoms with Crippen LogP contribution < -0.4 is 16.0 Å². The van der Waals surface area contributed by atoms with Crippen molar-refractivity contribution in [2.24, 2.45) is 10.8 Å². The third-order valence-corrected chi connectivity index (χ3v) is 3.91. The van der Waals surface area contributed by atoms with Crippen LogP contribution in [0.15, 0.2) is 0 Å². The molecule has 3 N–H and O–H groups in total. The minimum absolute atomic E-state index is 0. The normalized spacial score (nSPS) is 42.9. The fourth-order valence-electron chi connectivity index (χ4n) is 3.12. The Hall–Kier alpha value is 0.750. The van der Waals surface area contributed by atoms with Gasteiger partial charge in [-0.1, -0.05) is 0 Å². The Kier molecular flexibility index (Phi) is 4.98. The van der Waals surface area contributed by atoms with Gasteiger partial charge in [-0.05, 0) is 0 Å². The lowest BCUT2D eigenvalue weighted by atomic mass is 9.71. The third-order valence-electron chi connectivity index (χ3n) is 3.91. The summed E-state index contributed by atoms with van der Waals surface area (Å²) in [6.07, 6.45) is 0. The number of halogens is 3. The Balaban J connectivity index is 0.000000563. The van der Waals surface area contributed by atoms with Crippen LogP contribution in [0.4, 0.5) is 0 Å². The molecule has 3 fully saturated rings. The van der Waals surface area contributed by atoms with E-state index in [-0.39, 0.29) is 37.2 Å². The van der Waals surface area contributed by atoms with Crippen molar-refractivity contribution >= 4 is 37.2 Å². The summed E-state index contributed by atoms with van der Waals surface area (Å²) >= 11 is 0. The molecule has 0 unspecified atom stereocenters. The maximum absolute atomic E-state index is 3.53. The second kappa shape index (κ2) is 4.73. The second-order valence-electron chi connectivity index (χ2n) is 4.37. The average molecular weight is 263 g/mol. The third kappa shape index (κ3) is 1.55. The molecule has 0 saturated carbocycles. The first-order chi connectivity index (χ1) is 5.37. The van der Waals surface area contributed by atoms with E-state index in [2.05, 4.69) is 16.0 Å². The van der Waals surface area contributed by atoms with Crippen LogP contribution in [0.5, 0.6) is 0 Å². The van der Waals surface area contributed by atoms with Gasteiger partial charge in [-0.3, -0.25) is 0 Å². The van der Waals surface area contributed by atoms with Crippen LogP contribution in [-0.4, -0.2) is 39.3 Å². The van der Waals surface area contributed by atoms with Crippen molar-refractivity contribution < 1.29 is 0 Å². The zero-order valence-electron chi connectivity index (χ0n) is 7.97. The highest BCUT2D eigenvalue weighted by Gasteiger charge is 2.60. The van der Waals surface area contributed by atoms with Gasteiger partial charge >= 0.3 is 0 Å². The molecule has 0 bridgehead atoms. The molecule has 0 atom stereocenters. The van der Waals surface area contributed by atoms with E-state index in [0.717, 1.165) is 0 Å². The monoisotopic (exact) mass is 261 g/mol. The summed E-state index contributed by atoms with van der Waals surface area (Å²) in [5.41, 5.74) is 1.12. The van der Waals surface area contributed by atoms with Crippen molar-refractivity contribution in [3.8, 4) is 0 Å². The Morgan fingerprint density at radius 1 is 0.500 bits per heavy atom. The molecule has 3 heterocycles. The highest BCUT2D eigenvalue weighted by Crippen LogP contribution is 2.47. The molecule has 0 aliphatic carbocycles. The summed E-state index contributed by atoms with van der Waals surface area (Å²) in [4.78, 5) is 0. The summed E-state index contributed by atoms with van der Waals surface area (Å²) in [5.74, 6) is 0. The van der Waals surface area contributed by atoms with Crippen molar-refractivity contribution in [3.63, 3.8) is 0 Å². The summed E-state index contributed by atoms with van der Waals surface area (Å²) in [6, 6.07) is 0. The summed E-state index contributed by atoms with van der Waals surface area (Å²) in [5, 5.41) is 10.6. The van der Waals surface area contributed by atoms with Gasteiger partial charge in [0.05, 0.1) is 0 Å². The van der Waals surface area contributed by atoms with Gasteiger partial charge in [0.2, 0.25) is 0 Å². The summed E-state index contributed by atoms with van der Waals surface area (Å²) in [7, 11) is 0. The Labute approximate surface area is 103 Å². The van der Waals surface area contributed by atoms with Gasteiger partial charge in [0.15, 0.2) is 0 Å². The minimum Gasteiger partial charge on any atom is -0.315 e. The van der Waals surface area contributed by atoms with Gasteiger partial charge in [-0.2, -0.15) is 0 Å². The highest BCUT2D eigenvalue weighted by atomic mass is 35.5. The van der Waals surface area contributed by atoms with Crippen molar-refractivity contribution in [3.05, 3.63) is 0 Å². The van der Waals surface area contributed by atoms with Crippen LogP contribution in [0, 0.1) is 10.8 Å². The predicted octanol–water partition coefficient (Wildman–Crippen LogP) is 0.0342. The predicted molar refractivity (Wildman–Crippen MR) is 65.2 cm³/mol. The molecular formula is C8H18Cl3N3. The first kappa shape index (κ1) is 14.8. The Bertz CT molecular complexity index is 153. The van der Waals surface area contributed by atoms with Crippen LogP contribution in [0.25, 0.3) is 0 Å². The average Bonchev–Trinajstić information content (AvgIpc) is 2.40. The van der Waals surface area contributed by atoms with E-state index < -0.39 is 0 Å².